The minimum absolute atomic E-state index is 0.190. The molecule has 0 aromatic rings. The molecule has 0 aromatic heterocycles. The molecule has 0 saturated carbocycles. The van der Waals surface area contributed by atoms with E-state index in [1.54, 1.807) is 0 Å². The summed E-state index contributed by atoms with van der Waals surface area (Å²) in [5.41, 5.74) is 4.64. The zero-order chi connectivity index (χ0) is 9.44. The van der Waals surface area contributed by atoms with Gasteiger partial charge in [-0.1, -0.05) is 0 Å². The molecular formula is C6H13NO4. The Morgan fingerprint density at radius 1 is 1.45 bits per heavy atom. The van der Waals surface area contributed by atoms with Gasteiger partial charge in [0.05, 0.1) is 0 Å². The second kappa shape index (κ2) is 7.33. The fraction of sp³-hybridized carbons (Fsp3) is 0.667. The van der Waals surface area contributed by atoms with Crippen LogP contribution in [0.4, 0.5) is 0 Å². The normalized spacial score (nSPS) is 11.0. The molecule has 5 heteroatoms. The molecule has 0 fully saturated rings. The van der Waals surface area contributed by atoms with Gasteiger partial charge < -0.3 is 10.2 Å². The predicted molar refractivity (Wildman–Crippen MR) is 38.6 cm³/mol. The first-order valence-corrected chi connectivity index (χ1v) is 2.96. The minimum atomic E-state index is -1.29. The number of hydrogen-bond acceptors (Lipinski definition) is 5. The highest BCUT2D eigenvalue weighted by atomic mass is 16.3. The lowest BCUT2D eigenvalue weighted by atomic mass is 10.4. The number of Topliss-reactive ketones (excluding diaryl/α,β-unsaturated/α-hetero) is 2. The summed E-state index contributed by atoms with van der Waals surface area (Å²) in [7, 11) is 0. The summed E-state index contributed by atoms with van der Waals surface area (Å²) in [4.78, 5) is 19.3. The first-order chi connectivity index (χ1) is 4.91. The summed E-state index contributed by atoms with van der Waals surface area (Å²) in [5, 5.41) is 15.9. The number of nitrogens with two attached hydrogens (primary N) is 1. The molecule has 0 amide bonds. The second-order valence-corrected chi connectivity index (χ2v) is 1.92. The maximum Gasteiger partial charge on any atom is 0.172 e. The third-order valence-electron chi connectivity index (χ3n) is 0.639. The standard InChI is InChI=1S/C3H7NO2.C3H6O2/c1-2(5)3(4)6;1-3(5)2-4/h3,6H,4H2,1H3;4H,2H2,1H3. The van der Waals surface area contributed by atoms with Crippen LogP contribution in [0.25, 0.3) is 0 Å². The lowest BCUT2D eigenvalue weighted by Crippen LogP contribution is -2.26. The number of aliphatic hydroxyl groups is 2. The summed E-state index contributed by atoms with van der Waals surface area (Å²) >= 11 is 0. The predicted octanol–water partition coefficient (Wildman–Crippen LogP) is -1.58. The monoisotopic (exact) mass is 163 g/mol. The van der Waals surface area contributed by atoms with Gasteiger partial charge in [0.15, 0.2) is 17.8 Å². The highest BCUT2D eigenvalue weighted by molar-refractivity contribution is 5.79. The summed E-state index contributed by atoms with van der Waals surface area (Å²) in [6.45, 7) is 2.23. The van der Waals surface area contributed by atoms with Crippen LogP contribution in [-0.4, -0.2) is 34.6 Å². The highest BCUT2D eigenvalue weighted by Gasteiger charge is 1.97. The van der Waals surface area contributed by atoms with Gasteiger partial charge in [-0.15, -0.1) is 0 Å². The van der Waals surface area contributed by atoms with Crippen LogP contribution in [0.1, 0.15) is 13.8 Å². The van der Waals surface area contributed by atoms with Crippen molar-refractivity contribution in [3.8, 4) is 0 Å². The topological polar surface area (TPSA) is 101 Å². The maximum absolute atomic E-state index is 9.77. The average molecular weight is 163 g/mol. The first kappa shape index (κ1) is 12.9. The van der Waals surface area contributed by atoms with E-state index in [2.05, 4.69) is 5.73 Å². The lowest BCUT2D eigenvalue weighted by molar-refractivity contribution is -0.124. The number of aliphatic hydroxyl groups excluding tert-OH is 2. The summed E-state index contributed by atoms with van der Waals surface area (Å²) in [5.74, 6) is -0.597. The molecule has 0 spiro atoms. The Balaban J connectivity index is 0. The first-order valence-electron chi connectivity index (χ1n) is 2.96. The third kappa shape index (κ3) is 17.6. The van der Waals surface area contributed by atoms with Crippen molar-refractivity contribution in [2.24, 2.45) is 5.73 Å². The summed E-state index contributed by atoms with van der Waals surface area (Å²) in [6.07, 6.45) is -1.29. The number of rotatable bonds is 2. The Kier molecular flexibility index (Phi) is 8.57. The Labute approximate surface area is 64.8 Å². The van der Waals surface area contributed by atoms with Crippen molar-refractivity contribution in [3.63, 3.8) is 0 Å². The van der Waals surface area contributed by atoms with Crippen LogP contribution in [0.15, 0.2) is 0 Å². The molecular weight excluding hydrogens is 150 g/mol. The van der Waals surface area contributed by atoms with E-state index in [0.29, 0.717) is 0 Å². The molecule has 11 heavy (non-hydrogen) atoms. The molecule has 0 rings (SSSR count). The van der Waals surface area contributed by atoms with E-state index in [1.165, 1.54) is 13.8 Å². The van der Waals surface area contributed by atoms with E-state index in [4.69, 9.17) is 10.2 Å². The smallest absolute Gasteiger partial charge is 0.172 e. The third-order valence-corrected chi connectivity index (χ3v) is 0.639. The quantitative estimate of drug-likeness (QED) is 0.426. The Morgan fingerprint density at radius 2 is 1.64 bits per heavy atom. The van der Waals surface area contributed by atoms with Gasteiger partial charge in [-0.25, -0.2) is 0 Å². The molecule has 66 valence electrons. The van der Waals surface area contributed by atoms with Crippen molar-refractivity contribution in [2.75, 3.05) is 6.61 Å². The zero-order valence-corrected chi connectivity index (χ0v) is 6.57. The van der Waals surface area contributed by atoms with Gasteiger partial charge in [-0.3, -0.25) is 15.3 Å². The van der Waals surface area contributed by atoms with Gasteiger partial charge in [0.2, 0.25) is 0 Å². The van der Waals surface area contributed by atoms with Crippen molar-refractivity contribution >= 4 is 11.6 Å². The highest BCUT2D eigenvalue weighted by Crippen LogP contribution is 1.67. The van der Waals surface area contributed by atoms with E-state index < -0.39 is 12.0 Å². The molecule has 0 aromatic carbocycles. The fourth-order valence-corrected chi connectivity index (χ4v) is 0. The van der Waals surface area contributed by atoms with Crippen LogP contribution in [0.5, 0.6) is 0 Å². The molecule has 0 aliphatic rings. The van der Waals surface area contributed by atoms with Crippen LogP contribution in [0, 0.1) is 0 Å². The van der Waals surface area contributed by atoms with Crippen molar-refractivity contribution in [1.82, 2.24) is 0 Å². The van der Waals surface area contributed by atoms with Crippen LogP contribution in [-0.2, 0) is 9.59 Å². The van der Waals surface area contributed by atoms with E-state index in [1.807, 2.05) is 0 Å². The Bertz CT molecular complexity index is 133. The zero-order valence-electron chi connectivity index (χ0n) is 6.57. The van der Waals surface area contributed by atoms with Gasteiger partial charge in [0, 0.05) is 0 Å². The molecule has 0 bridgehead atoms. The van der Waals surface area contributed by atoms with Gasteiger partial charge in [-0.2, -0.15) is 0 Å². The van der Waals surface area contributed by atoms with E-state index in [0.717, 1.165) is 0 Å². The van der Waals surface area contributed by atoms with Crippen molar-refractivity contribution in [1.29, 1.82) is 0 Å². The van der Waals surface area contributed by atoms with Crippen LogP contribution >= 0.6 is 0 Å². The van der Waals surface area contributed by atoms with Crippen molar-refractivity contribution in [2.45, 2.75) is 20.1 Å². The maximum atomic E-state index is 9.77. The van der Waals surface area contributed by atoms with Gasteiger partial charge in [0.25, 0.3) is 0 Å². The number of hydrogen-bond donors (Lipinski definition) is 3. The molecule has 4 N–H and O–H groups in total. The van der Waals surface area contributed by atoms with E-state index in [9.17, 15) is 9.59 Å². The van der Waals surface area contributed by atoms with Crippen LogP contribution in [0.2, 0.25) is 0 Å². The molecule has 1 atom stereocenters. The largest absolute Gasteiger partial charge is 0.389 e. The minimum Gasteiger partial charge on any atom is -0.389 e. The van der Waals surface area contributed by atoms with Gasteiger partial charge >= 0.3 is 0 Å². The van der Waals surface area contributed by atoms with Crippen molar-refractivity contribution < 1.29 is 19.8 Å². The number of carbonyl (C=O) groups is 2. The SMILES string of the molecule is CC(=O)C(N)O.CC(=O)CO. The van der Waals surface area contributed by atoms with Gasteiger partial charge in [0.1, 0.15) is 6.61 Å². The average Bonchev–Trinajstić information content (AvgIpc) is 1.89. The van der Waals surface area contributed by atoms with Gasteiger partial charge in [-0.05, 0) is 13.8 Å². The second-order valence-electron chi connectivity index (χ2n) is 1.92. The van der Waals surface area contributed by atoms with Crippen LogP contribution in [0.3, 0.4) is 0 Å². The Hall–Kier alpha value is -0.780. The molecule has 5 nitrogen and oxygen atoms in total. The molecule has 0 aliphatic heterocycles. The number of ketones is 2. The van der Waals surface area contributed by atoms with Crippen LogP contribution < -0.4 is 5.73 Å². The fourth-order valence-electron chi connectivity index (χ4n) is 0. The molecule has 1 unspecified atom stereocenters. The summed E-state index contributed by atoms with van der Waals surface area (Å²) in [6, 6.07) is 0. The molecule has 0 heterocycles. The lowest BCUT2D eigenvalue weighted by Gasteiger charge is -1.91. The molecule has 0 aliphatic carbocycles. The van der Waals surface area contributed by atoms with E-state index in [-0.39, 0.29) is 12.4 Å². The van der Waals surface area contributed by atoms with E-state index >= 15 is 0 Å². The summed E-state index contributed by atoms with van der Waals surface area (Å²) < 4.78 is 0. The number of carbonyl (C=O) groups excluding carboxylic acids is 2. The molecule has 0 saturated heterocycles. The molecule has 0 radical (unpaired) electrons. The Morgan fingerprint density at radius 3 is 1.64 bits per heavy atom. The van der Waals surface area contributed by atoms with Crippen molar-refractivity contribution in [3.05, 3.63) is 0 Å².